The van der Waals surface area contributed by atoms with Crippen molar-refractivity contribution in [1.29, 1.82) is 0 Å². The van der Waals surface area contributed by atoms with E-state index >= 15 is 0 Å². The number of aliphatic carboxylic acids is 1. The third-order valence-corrected chi connectivity index (χ3v) is 4.98. The number of hydrogen-bond acceptors (Lipinski definition) is 3. The topological polar surface area (TPSA) is 74.7 Å². The van der Waals surface area contributed by atoms with Gasteiger partial charge in [-0.2, -0.15) is 4.31 Å². The number of halogens is 3. The molecule has 1 saturated heterocycles. The SMILES string of the molecule is O=C(O)[C@H]1CCN(S(=O)(=O)c2c(F)cc(F)cc2F)C1. The van der Waals surface area contributed by atoms with E-state index in [1.54, 1.807) is 0 Å². The van der Waals surface area contributed by atoms with Crippen molar-refractivity contribution in [2.75, 3.05) is 13.1 Å². The molecule has 110 valence electrons. The van der Waals surface area contributed by atoms with Crippen LogP contribution < -0.4 is 0 Å². The molecule has 0 unspecified atom stereocenters. The summed E-state index contributed by atoms with van der Waals surface area (Å²) in [7, 11) is -4.53. The molecule has 0 saturated carbocycles. The van der Waals surface area contributed by atoms with Gasteiger partial charge in [-0.05, 0) is 6.42 Å². The zero-order chi connectivity index (χ0) is 15.1. The first kappa shape index (κ1) is 14.8. The van der Waals surface area contributed by atoms with E-state index < -0.39 is 44.3 Å². The molecule has 1 aromatic rings. The molecule has 1 N–H and O–H groups in total. The second kappa shape index (κ2) is 5.06. The second-order valence-corrected chi connectivity index (χ2v) is 6.26. The molecule has 1 atom stereocenters. The number of nitrogens with zero attached hydrogens (tertiary/aromatic N) is 1. The van der Waals surface area contributed by atoms with Crippen LogP contribution in [0.1, 0.15) is 6.42 Å². The molecular weight excluding hydrogens is 299 g/mol. The number of carboxylic acid groups (broad SMARTS) is 1. The van der Waals surface area contributed by atoms with Crippen molar-refractivity contribution in [3.8, 4) is 0 Å². The Kier molecular flexibility index (Phi) is 3.74. The highest BCUT2D eigenvalue weighted by molar-refractivity contribution is 7.89. The third-order valence-electron chi connectivity index (χ3n) is 3.06. The zero-order valence-corrected chi connectivity index (χ0v) is 10.8. The van der Waals surface area contributed by atoms with E-state index in [-0.39, 0.29) is 31.6 Å². The van der Waals surface area contributed by atoms with Gasteiger partial charge in [0.05, 0.1) is 5.92 Å². The summed E-state index contributed by atoms with van der Waals surface area (Å²) in [6.07, 6.45) is 0.0546. The van der Waals surface area contributed by atoms with Gasteiger partial charge < -0.3 is 5.11 Å². The van der Waals surface area contributed by atoms with E-state index in [9.17, 15) is 26.4 Å². The highest BCUT2D eigenvalue weighted by atomic mass is 32.2. The summed E-state index contributed by atoms with van der Waals surface area (Å²) in [6, 6.07) is 0.529. The van der Waals surface area contributed by atoms with Crippen molar-refractivity contribution in [3.63, 3.8) is 0 Å². The van der Waals surface area contributed by atoms with Crippen LogP contribution in [0.25, 0.3) is 0 Å². The van der Waals surface area contributed by atoms with Crippen molar-refractivity contribution in [2.45, 2.75) is 11.3 Å². The molecule has 0 radical (unpaired) electrons. The van der Waals surface area contributed by atoms with Gasteiger partial charge in [0.1, 0.15) is 17.5 Å². The Hall–Kier alpha value is -1.61. The minimum absolute atomic E-state index is 0.0546. The molecule has 0 amide bonds. The summed E-state index contributed by atoms with van der Waals surface area (Å²) < 4.78 is 64.7. The van der Waals surface area contributed by atoms with Crippen molar-refractivity contribution in [2.24, 2.45) is 5.92 Å². The van der Waals surface area contributed by atoms with Crippen molar-refractivity contribution < 1.29 is 31.5 Å². The third kappa shape index (κ3) is 2.50. The summed E-state index contributed by atoms with van der Waals surface area (Å²) in [4.78, 5) is 9.51. The maximum Gasteiger partial charge on any atom is 0.307 e. The first-order valence-corrected chi connectivity index (χ1v) is 7.05. The Balaban J connectivity index is 2.40. The van der Waals surface area contributed by atoms with Crippen LogP contribution in [-0.2, 0) is 14.8 Å². The number of carboxylic acids is 1. The van der Waals surface area contributed by atoms with Crippen LogP contribution in [0.15, 0.2) is 17.0 Å². The minimum Gasteiger partial charge on any atom is -0.481 e. The van der Waals surface area contributed by atoms with Gasteiger partial charge in [0, 0.05) is 25.2 Å². The number of carbonyl (C=O) groups is 1. The average Bonchev–Trinajstić information content (AvgIpc) is 2.76. The van der Waals surface area contributed by atoms with Crippen LogP contribution in [0, 0.1) is 23.4 Å². The lowest BCUT2D eigenvalue weighted by Crippen LogP contribution is -2.31. The van der Waals surface area contributed by atoms with Gasteiger partial charge in [0.2, 0.25) is 10.0 Å². The monoisotopic (exact) mass is 309 g/mol. The van der Waals surface area contributed by atoms with E-state index in [4.69, 9.17) is 5.11 Å². The zero-order valence-electron chi connectivity index (χ0n) is 10.0. The summed E-state index contributed by atoms with van der Waals surface area (Å²) >= 11 is 0. The van der Waals surface area contributed by atoms with Gasteiger partial charge in [-0.3, -0.25) is 4.79 Å². The largest absolute Gasteiger partial charge is 0.481 e. The summed E-state index contributed by atoms with van der Waals surface area (Å²) in [5, 5.41) is 8.79. The molecule has 0 spiro atoms. The summed E-state index contributed by atoms with van der Waals surface area (Å²) in [5.41, 5.74) is 0. The van der Waals surface area contributed by atoms with E-state index in [2.05, 4.69) is 0 Å². The van der Waals surface area contributed by atoms with Gasteiger partial charge in [-0.25, -0.2) is 21.6 Å². The lowest BCUT2D eigenvalue weighted by atomic mass is 10.1. The fourth-order valence-electron chi connectivity index (χ4n) is 2.05. The first-order chi connectivity index (χ1) is 9.23. The molecule has 0 bridgehead atoms. The lowest BCUT2D eigenvalue weighted by molar-refractivity contribution is -0.141. The predicted molar refractivity (Wildman–Crippen MR) is 60.8 cm³/mol. The lowest BCUT2D eigenvalue weighted by Gasteiger charge is -2.16. The van der Waals surface area contributed by atoms with Crippen molar-refractivity contribution in [1.82, 2.24) is 4.31 Å². The van der Waals surface area contributed by atoms with Crippen LogP contribution in [0.3, 0.4) is 0 Å². The van der Waals surface area contributed by atoms with Crippen molar-refractivity contribution in [3.05, 3.63) is 29.6 Å². The van der Waals surface area contributed by atoms with Crippen LogP contribution in [0.5, 0.6) is 0 Å². The van der Waals surface area contributed by atoms with E-state index in [1.165, 1.54) is 0 Å². The van der Waals surface area contributed by atoms with E-state index in [0.717, 1.165) is 0 Å². The highest BCUT2D eigenvalue weighted by Gasteiger charge is 2.38. The quantitative estimate of drug-likeness (QED) is 0.910. The molecule has 0 aromatic heterocycles. The van der Waals surface area contributed by atoms with Gasteiger partial charge in [-0.1, -0.05) is 0 Å². The molecule has 9 heteroatoms. The van der Waals surface area contributed by atoms with Gasteiger partial charge in [0.15, 0.2) is 4.90 Å². The first-order valence-electron chi connectivity index (χ1n) is 5.61. The fourth-order valence-corrected chi connectivity index (χ4v) is 3.64. The van der Waals surface area contributed by atoms with E-state index in [0.29, 0.717) is 4.31 Å². The normalized spacial score (nSPS) is 20.2. The molecular formula is C11H10F3NO4S. The number of rotatable bonds is 3. The van der Waals surface area contributed by atoms with Crippen LogP contribution in [-0.4, -0.2) is 36.9 Å². The molecule has 1 aliphatic rings. The molecule has 1 heterocycles. The van der Waals surface area contributed by atoms with Gasteiger partial charge >= 0.3 is 5.97 Å². The second-order valence-electron chi connectivity index (χ2n) is 4.39. The molecule has 5 nitrogen and oxygen atoms in total. The smallest absolute Gasteiger partial charge is 0.307 e. The maximum atomic E-state index is 13.5. The van der Waals surface area contributed by atoms with Crippen LogP contribution in [0.4, 0.5) is 13.2 Å². The summed E-state index contributed by atoms with van der Waals surface area (Å²) in [6.45, 7) is -0.524. The maximum absolute atomic E-state index is 13.5. The predicted octanol–water partition coefficient (Wildman–Crippen LogP) is 1.20. The van der Waals surface area contributed by atoms with Crippen LogP contribution in [0.2, 0.25) is 0 Å². The van der Waals surface area contributed by atoms with Crippen molar-refractivity contribution >= 4 is 16.0 Å². The molecule has 1 fully saturated rings. The Morgan fingerprint density at radius 1 is 1.25 bits per heavy atom. The van der Waals surface area contributed by atoms with E-state index in [1.807, 2.05) is 0 Å². The van der Waals surface area contributed by atoms with Gasteiger partial charge in [-0.15, -0.1) is 0 Å². The fraction of sp³-hybridized carbons (Fsp3) is 0.364. The number of benzene rings is 1. The molecule has 1 aromatic carbocycles. The summed E-state index contributed by atoms with van der Waals surface area (Å²) in [5.74, 6) is -6.41. The standard InChI is InChI=1S/C11H10F3NO4S/c12-7-3-8(13)10(9(14)4-7)20(18,19)15-2-1-6(5-15)11(16)17/h3-4,6H,1-2,5H2,(H,16,17)/t6-/m0/s1. The Labute approximate surface area is 112 Å². The van der Waals surface area contributed by atoms with Gasteiger partial charge in [0.25, 0.3) is 0 Å². The molecule has 0 aliphatic carbocycles. The van der Waals surface area contributed by atoms with Crippen LogP contribution >= 0.6 is 0 Å². The Bertz CT molecular complexity index is 639. The minimum atomic E-state index is -4.53. The number of hydrogen-bond donors (Lipinski definition) is 1. The molecule has 2 rings (SSSR count). The Morgan fingerprint density at radius 3 is 2.25 bits per heavy atom. The average molecular weight is 309 g/mol. The molecule has 20 heavy (non-hydrogen) atoms. The Morgan fingerprint density at radius 2 is 1.80 bits per heavy atom. The molecule has 1 aliphatic heterocycles. The number of sulfonamides is 1. The highest BCUT2D eigenvalue weighted by Crippen LogP contribution is 2.28.